The summed E-state index contributed by atoms with van der Waals surface area (Å²) in [6.45, 7) is 5.19. The Morgan fingerprint density at radius 3 is 2.64 bits per heavy atom. The lowest BCUT2D eigenvalue weighted by Crippen LogP contribution is -2.00. The van der Waals surface area contributed by atoms with Gasteiger partial charge in [-0.25, -0.2) is 0 Å². The van der Waals surface area contributed by atoms with Gasteiger partial charge in [0.2, 0.25) is 0 Å². The second-order valence-electron chi connectivity index (χ2n) is 2.43. The first-order valence-electron chi connectivity index (χ1n) is 3.93. The average Bonchev–Trinajstić information content (AvgIpc) is 2.46. The van der Waals surface area contributed by atoms with E-state index >= 15 is 0 Å². The molecule has 11 heavy (non-hydrogen) atoms. The molecule has 0 radical (unpaired) electrons. The lowest BCUT2D eigenvalue weighted by atomic mass is 10.3. The van der Waals surface area contributed by atoms with E-state index < -0.39 is 0 Å². The molecule has 0 aliphatic heterocycles. The predicted molar refractivity (Wildman–Crippen MR) is 49.9 cm³/mol. The lowest BCUT2D eigenvalue weighted by Gasteiger charge is -1.98. The second-order valence-corrected chi connectivity index (χ2v) is 2.99. The van der Waals surface area contributed by atoms with Crippen molar-refractivity contribution in [1.82, 2.24) is 9.78 Å². The van der Waals surface area contributed by atoms with Crippen molar-refractivity contribution in [1.29, 1.82) is 0 Å². The van der Waals surface area contributed by atoms with Gasteiger partial charge in [0.25, 0.3) is 0 Å². The Kier molecular flexibility index (Phi) is 3.12. The fourth-order valence-electron chi connectivity index (χ4n) is 1.07. The summed E-state index contributed by atoms with van der Waals surface area (Å²) in [6, 6.07) is 2.15. The number of aromatic nitrogens is 2. The zero-order valence-electron chi connectivity index (χ0n) is 6.97. The van der Waals surface area contributed by atoms with E-state index in [-0.39, 0.29) is 0 Å². The summed E-state index contributed by atoms with van der Waals surface area (Å²) in [4.78, 5) is 0. The maximum absolute atomic E-state index is 4.40. The molecule has 0 aliphatic rings. The summed E-state index contributed by atoms with van der Waals surface area (Å²) in [5.74, 6) is 0. The van der Waals surface area contributed by atoms with Crippen LogP contribution < -0.4 is 0 Å². The third kappa shape index (κ3) is 1.83. The Bertz CT molecular complexity index is 208. The van der Waals surface area contributed by atoms with Gasteiger partial charge in [-0.05, 0) is 19.4 Å². The van der Waals surface area contributed by atoms with Crippen LogP contribution >= 0.6 is 15.9 Å². The van der Waals surface area contributed by atoms with Gasteiger partial charge in [0.05, 0.1) is 5.69 Å². The molecule has 0 aliphatic carbocycles. The summed E-state index contributed by atoms with van der Waals surface area (Å²) in [5.41, 5.74) is 2.45. The summed E-state index contributed by atoms with van der Waals surface area (Å²) in [7, 11) is 0. The van der Waals surface area contributed by atoms with Crippen LogP contribution in [0.5, 0.6) is 0 Å². The Balaban J connectivity index is 2.92. The molecular formula is C8H13BrN2. The molecule has 1 heterocycles. The number of hydrogen-bond acceptors (Lipinski definition) is 1. The number of nitrogens with zero attached hydrogens (tertiary/aromatic N) is 2. The van der Waals surface area contributed by atoms with Crippen LogP contribution in [0.25, 0.3) is 0 Å². The molecule has 62 valence electrons. The highest BCUT2D eigenvalue weighted by Crippen LogP contribution is 2.08. The van der Waals surface area contributed by atoms with E-state index in [4.69, 9.17) is 0 Å². The highest BCUT2D eigenvalue weighted by Gasteiger charge is 2.02. The molecule has 0 aromatic carbocycles. The molecule has 0 saturated heterocycles. The van der Waals surface area contributed by atoms with Crippen LogP contribution in [0.4, 0.5) is 0 Å². The highest BCUT2D eigenvalue weighted by molar-refractivity contribution is 9.08. The first-order chi connectivity index (χ1) is 5.31. The Morgan fingerprint density at radius 1 is 1.55 bits per heavy atom. The van der Waals surface area contributed by atoms with Crippen molar-refractivity contribution in [2.24, 2.45) is 0 Å². The fraction of sp³-hybridized carbons (Fsp3) is 0.625. The monoisotopic (exact) mass is 216 g/mol. The van der Waals surface area contributed by atoms with Crippen molar-refractivity contribution in [3.63, 3.8) is 0 Å². The number of hydrogen-bond donors (Lipinski definition) is 0. The summed E-state index contributed by atoms with van der Waals surface area (Å²) in [5, 5.41) is 5.30. The largest absolute Gasteiger partial charge is 0.269 e. The molecule has 0 fully saturated rings. The maximum atomic E-state index is 4.40. The highest BCUT2D eigenvalue weighted by atomic mass is 79.9. The molecule has 3 heteroatoms. The number of aryl methyl sites for hydroxylation is 2. The third-order valence-electron chi connectivity index (χ3n) is 1.71. The lowest BCUT2D eigenvalue weighted by molar-refractivity contribution is 0.628. The Hall–Kier alpha value is -0.310. The first kappa shape index (κ1) is 8.78. The molecule has 0 unspecified atom stereocenters. The van der Waals surface area contributed by atoms with Crippen LogP contribution in [0, 0.1) is 0 Å². The van der Waals surface area contributed by atoms with E-state index in [0.29, 0.717) is 0 Å². The van der Waals surface area contributed by atoms with Gasteiger partial charge in [-0.2, -0.15) is 5.10 Å². The fourth-order valence-corrected chi connectivity index (χ4v) is 1.52. The normalized spacial score (nSPS) is 10.5. The van der Waals surface area contributed by atoms with Gasteiger partial charge in [-0.15, -0.1) is 0 Å². The number of rotatable bonds is 3. The quantitative estimate of drug-likeness (QED) is 0.710. The Morgan fingerprint density at radius 2 is 2.27 bits per heavy atom. The van der Waals surface area contributed by atoms with Gasteiger partial charge in [0.15, 0.2) is 0 Å². The molecule has 0 spiro atoms. The average molecular weight is 217 g/mol. The smallest absolute Gasteiger partial charge is 0.0625 e. The molecule has 0 saturated carbocycles. The van der Waals surface area contributed by atoms with Gasteiger partial charge in [-0.1, -0.05) is 22.9 Å². The van der Waals surface area contributed by atoms with Crippen LogP contribution in [0.1, 0.15) is 25.2 Å². The SMILES string of the molecule is CCc1cc(CBr)n(CC)n1. The van der Waals surface area contributed by atoms with Crippen molar-refractivity contribution >= 4 is 15.9 Å². The van der Waals surface area contributed by atoms with Crippen LogP contribution in [0.3, 0.4) is 0 Å². The zero-order chi connectivity index (χ0) is 8.27. The standard InChI is InChI=1S/C8H13BrN2/c1-3-7-5-8(6-9)11(4-2)10-7/h5H,3-4,6H2,1-2H3. The van der Waals surface area contributed by atoms with E-state index in [2.05, 4.69) is 40.9 Å². The zero-order valence-corrected chi connectivity index (χ0v) is 8.56. The van der Waals surface area contributed by atoms with Gasteiger partial charge < -0.3 is 0 Å². The molecule has 1 aromatic heterocycles. The molecule has 0 amide bonds. The van der Waals surface area contributed by atoms with Crippen molar-refractivity contribution < 1.29 is 0 Å². The number of alkyl halides is 1. The van der Waals surface area contributed by atoms with Gasteiger partial charge in [-0.3, -0.25) is 4.68 Å². The summed E-state index contributed by atoms with van der Waals surface area (Å²) >= 11 is 3.43. The minimum absolute atomic E-state index is 0.897. The van der Waals surface area contributed by atoms with Gasteiger partial charge in [0, 0.05) is 17.6 Å². The minimum atomic E-state index is 0.897. The van der Waals surface area contributed by atoms with Crippen molar-refractivity contribution in [2.75, 3.05) is 0 Å². The van der Waals surface area contributed by atoms with Crippen LogP contribution in [0.2, 0.25) is 0 Å². The third-order valence-corrected chi connectivity index (χ3v) is 2.29. The predicted octanol–water partition coefficient (Wildman–Crippen LogP) is 2.36. The van der Waals surface area contributed by atoms with E-state index in [1.165, 1.54) is 11.4 Å². The van der Waals surface area contributed by atoms with Crippen molar-refractivity contribution in [3.8, 4) is 0 Å². The van der Waals surface area contributed by atoms with Gasteiger partial charge in [0.1, 0.15) is 0 Å². The van der Waals surface area contributed by atoms with Gasteiger partial charge >= 0.3 is 0 Å². The Labute approximate surface area is 75.7 Å². The first-order valence-corrected chi connectivity index (χ1v) is 5.05. The topological polar surface area (TPSA) is 17.8 Å². The molecular weight excluding hydrogens is 204 g/mol. The van der Waals surface area contributed by atoms with E-state index in [9.17, 15) is 0 Å². The molecule has 2 nitrogen and oxygen atoms in total. The molecule has 1 rings (SSSR count). The summed E-state index contributed by atoms with van der Waals surface area (Å²) < 4.78 is 2.04. The maximum Gasteiger partial charge on any atom is 0.0625 e. The van der Waals surface area contributed by atoms with Crippen molar-refractivity contribution in [2.45, 2.75) is 32.1 Å². The second kappa shape index (κ2) is 3.90. The molecule has 0 atom stereocenters. The number of halogens is 1. The van der Waals surface area contributed by atoms with Crippen LogP contribution in [-0.2, 0) is 18.3 Å². The van der Waals surface area contributed by atoms with Crippen LogP contribution in [-0.4, -0.2) is 9.78 Å². The molecule has 1 aromatic rings. The van der Waals surface area contributed by atoms with Crippen molar-refractivity contribution in [3.05, 3.63) is 17.5 Å². The molecule has 0 N–H and O–H groups in total. The van der Waals surface area contributed by atoms with E-state index in [1.54, 1.807) is 0 Å². The minimum Gasteiger partial charge on any atom is -0.269 e. The van der Waals surface area contributed by atoms with E-state index in [0.717, 1.165) is 18.3 Å². The van der Waals surface area contributed by atoms with E-state index in [1.807, 2.05) is 4.68 Å². The molecule has 0 bridgehead atoms. The summed E-state index contributed by atoms with van der Waals surface area (Å²) in [6.07, 6.45) is 1.02. The van der Waals surface area contributed by atoms with Crippen LogP contribution in [0.15, 0.2) is 6.07 Å².